The molecular formula is C28H27FN4O2. The van der Waals surface area contributed by atoms with E-state index in [1.54, 1.807) is 18.3 Å². The fourth-order valence-corrected chi connectivity index (χ4v) is 4.75. The summed E-state index contributed by atoms with van der Waals surface area (Å²) in [6.07, 6.45) is 4.60. The standard InChI is InChI=1S/C28H27FN4O2/c1-18(2)25(26-31-27(35-32-26)20-9-11-24(29)12-10-20)19-5-7-21(8-6-19)28(34)33-15-13-23(17-33)22-4-3-14-30-16-22/h3-12,14,16,18,23,25H,13,15,17H2,1-2H3. The monoisotopic (exact) mass is 470 g/mol. The molecule has 178 valence electrons. The molecule has 1 amide bonds. The van der Waals surface area contributed by atoms with Crippen molar-refractivity contribution in [2.45, 2.75) is 32.1 Å². The van der Waals surface area contributed by atoms with Crippen molar-refractivity contribution in [2.24, 2.45) is 5.92 Å². The third-order valence-electron chi connectivity index (χ3n) is 6.63. The topological polar surface area (TPSA) is 72.1 Å². The lowest BCUT2D eigenvalue weighted by molar-refractivity contribution is 0.0790. The first-order chi connectivity index (χ1) is 17.0. The van der Waals surface area contributed by atoms with Crippen LogP contribution < -0.4 is 0 Å². The molecular weight excluding hydrogens is 443 g/mol. The Morgan fingerprint density at radius 3 is 2.54 bits per heavy atom. The molecule has 0 spiro atoms. The number of hydrogen-bond acceptors (Lipinski definition) is 5. The smallest absolute Gasteiger partial charge is 0.257 e. The quantitative estimate of drug-likeness (QED) is 0.362. The molecule has 1 saturated heterocycles. The summed E-state index contributed by atoms with van der Waals surface area (Å²) < 4.78 is 18.7. The maximum Gasteiger partial charge on any atom is 0.257 e. The Kier molecular flexibility index (Phi) is 6.40. The highest BCUT2D eigenvalue weighted by molar-refractivity contribution is 5.94. The Morgan fingerprint density at radius 1 is 1.09 bits per heavy atom. The summed E-state index contributed by atoms with van der Waals surface area (Å²) in [5.41, 5.74) is 3.53. The largest absolute Gasteiger partial charge is 0.338 e. The summed E-state index contributed by atoms with van der Waals surface area (Å²) in [6.45, 7) is 5.64. The Morgan fingerprint density at radius 2 is 1.86 bits per heavy atom. The molecule has 5 rings (SSSR count). The molecule has 1 aliphatic heterocycles. The molecule has 4 aromatic rings. The van der Waals surface area contributed by atoms with E-state index in [1.165, 1.54) is 17.7 Å². The Labute approximate surface area is 203 Å². The molecule has 6 nitrogen and oxygen atoms in total. The average Bonchev–Trinajstić information content (AvgIpc) is 3.56. The highest BCUT2D eigenvalue weighted by atomic mass is 19.1. The van der Waals surface area contributed by atoms with Crippen molar-refractivity contribution in [3.63, 3.8) is 0 Å². The number of benzene rings is 2. The SMILES string of the molecule is CC(C)C(c1ccc(C(=O)N2CCC(c3cccnc3)C2)cc1)c1noc(-c2ccc(F)cc2)n1. The van der Waals surface area contributed by atoms with Crippen LogP contribution in [0.3, 0.4) is 0 Å². The molecule has 2 aromatic heterocycles. The van der Waals surface area contributed by atoms with Gasteiger partial charge in [-0.25, -0.2) is 4.39 Å². The summed E-state index contributed by atoms with van der Waals surface area (Å²) in [4.78, 5) is 23.8. The maximum absolute atomic E-state index is 13.3. The van der Waals surface area contributed by atoms with Crippen LogP contribution in [0.5, 0.6) is 0 Å². The third-order valence-corrected chi connectivity index (χ3v) is 6.63. The second kappa shape index (κ2) is 9.78. The van der Waals surface area contributed by atoms with Gasteiger partial charge in [-0.05, 0) is 65.9 Å². The zero-order valence-corrected chi connectivity index (χ0v) is 19.8. The van der Waals surface area contributed by atoms with Crippen molar-refractivity contribution >= 4 is 5.91 Å². The molecule has 35 heavy (non-hydrogen) atoms. The number of pyridine rings is 1. The van der Waals surface area contributed by atoms with Gasteiger partial charge in [-0.15, -0.1) is 0 Å². The number of carbonyl (C=O) groups excluding carboxylic acids is 1. The highest BCUT2D eigenvalue weighted by Crippen LogP contribution is 2.32. The van der Waals surface area contributed by atoms with E-state index in [0.717, 1.165) is 18.5 Å². The number of amides is 1. The lowest BCUT2D eigenvalue weighted by atomic mass is 9.87. The van der Waals surface area contributed by atoms with E-state index in [2.05, 4.69) is 35.0 Å². The molecule has 3 heterocycles. The van der Waals surface area contributed by atoms with Crippen molar-refractivity contribution in [3.8, 4) is 11.5 Å². The summed E-state index contributed by atoms with van der Waals surface area (Å²) in [6, 6.07) is 17.7. The van der Waals surface area contributed by atoms with Gasteiger partial charge in [-0.2, -0.15) is 4.98 Å². The molecule has 0 N–H and O–H groups in total. The Balaban J connectivity index is 1.31. The van der Waals surface area contributed by atoms with Crippen molar-refractivity contribution < 1.29 is 13.7 Å². The number of hydrogen-bond donors (Lipinski definition) is 0. The van der Waals surface area contributed by atoms with E-state index >= 15 is 0 Å². The minimum absolute atomic E-state index is 0.0437. The molecule has 1 fully saturated rings. The third kappa shape index (κ3) is 4.85. The Bertz CT molecular complexity index is 1290. The molecule has 7 heteroatoms. The highest BCUT2D eigenvalue weighted by Gasteiger charge is 2.29. The molecule has 0 saturated carbocycles. The van der Waals surface area contributed by atoms with Gasteiger partial charge in [0.15, 0.2) is 5.82 Å². The zero-order chi connectivity index (χ0) is 24.4. The first-order valence-electron chi connectivity index (χ1n) is 11.9. The van der Waals surface area contributed by atoms with E-state index in [0.29, 0.717) is 35.3 Å². The number of carbonyl (C=O) groups is 1. The molecule has 2 atom stereocenters. The lowest BCUT2D eigenvalue weighted by Crippen LogP contribution is -2.28. The van der Waals surface area contributed by atoms with Crippen molar-refractivity contribution in [2.75, 3.05) is 13.1 Å². The molecule has 2 unspecified atom stereocenters. The van der Waals surface area contributed by atoms with Gasteiger partial charge in [0.1, 0.15) is 5.82 Å². The zero-order valence-electron chi connectivity index (χ0n) is 19.8. The molecule has 0 radical (unpaired) electrons. The second-order valence-electron chi connectivity index (χ2n) is 9.33. The number of halogens is 1. The van der Waals surface area contributed by atoms with E-state index in [-0.39, 0.29) is 23.6 Å². The molecule has 0 bridgehead atoms. The van der Waals surface area contributed by atoms with Crippen LogP contribution in [0.15, 0.2) is 77.6 Å². The summed E-state index contributed by atoms with van der Waals surface area (Å²) >= 11 is 0. The van der Waals surface area contributed by atoms with E-state index < -0.39 is 0 Å². The van der Waals surface area contributed by atoms with Crippen LogP contribution in [0, 0.1) is 11.7 Å². The summed E-state index contributed by atoms with van der Waals surface area (Å²) in [5.74, 6) is 1.08. The fourth-order valence-electron chi connectivity index (χ4n) is 4.75. The van der Waals surface area contributed by atoms with Gasteiger partial charge >= 0.3 is 0 Å². The molecule has 2 aromatic carbocycles. The van der Waals surface area contributed by atoms with Gasteiger partial charge in [0.25, 0.3) is 11.8 Å². The van der Waals surface area contributed by atoms with E-state index in [1.807, 2.05) is 41.4 Å². The van der Waals surface area contributed by atoms with Crippen LogP contribution in [0.2, 0.25) is 0 Å². The van der Waals surface area contributed by atoms with Crippen LogP contribution in [-0.4, -0.2) is 39.0 Å². The molecule has 0 aliphatic carbocycles. The molecule has 1 aliphatic rings. The van der Waals surface area contributed by atoms with Crippen LogP contribution in [0.25, 0.3) is 11.5 Å². The normalized spacial score (nSPS) is 16.6. The predicted molar refractivity (Wildman–Crippen MR) is 130 cm³/mol. The van der Waals surface area contributed by atoms with Gasteiger partial charge in [0.05, 0.1) is 0 Å². The van der Waals surface area contributed by atoms with Gasteiger partial charge in [-0.3, -0.25) is 9.78 Å². The van der Waals surface area contributed by atoms with Crippen molar-refractivity contribution in [1.29, 1.82) is 0 Å². The first-order valence-corrected chi connectivity index (χ1v) is 11.9. The second-order valence-corrected chi connectivity index (χ2v) is 9.33. The number of aromatic nitrogens is 3. The van der Waals surface area contributed by atoms with Crippen molar-refractivity contribution in [3.05, 3.63) is 101 Å². The Hall–Kier alpha value is -3.87. The van der Waals surface area contributed by atoms with Crippen LogP contribution in [-0.2, 0) is 0 Å². The van der Waals surface area contributed by atoms with Gasteiger partial charge < -0.3 is 9.42 Å². The first kappa shape index (κ1) is 22.9. The van der Waals surface area contributed by atoms with Crippen LogP contribution in [0.1, 0.15) is 59.4 Å². The minimum Gasteiger partial charge on any atom is -0.338 e. The van der Waals surface area contributed by atoms with E-state index in [4.69, 9.17) is 4.52 Å². The lowest BCUT2D eigenvalue weighted by Gasteiger charge is -2.19. The van der Waals surface area contributed by atoms with Gasteiger partial charge in [0.2, 0.25) is 0 Å². The average molecular weight is 471 g/mol. The van der Waals surface area contributed by atoms with Gasteiger partial charge in [0, 0.05) is 48.4 Å². The van der Waals surface area contributed by atoms with Crippen LogP contribution >= 0.6 is 0 Å². The van der Waals surface area contributed by atoms with E-state index in [9.17, 15) is 9.18 Å². The van der Waals surface area contributed by atoms with Gasteiger partial charge in [-0.1, -0.05) is 37.2 Å². The summed E-state index contributed by atoms with van der Waals surface area (Å²) in [5, 5.41) is 4.21. The van der Waals surface area contributed by atoms with Crippen molar-refractivity contribution in [1.82, 2.24) is 20.0 Å². The number of likely N-dealkylation sites (tertiary alicyclic amines) is 1. The maximum atomic E-state index is 13.3. The minimum atomic E-state index is -0.315. The fraction of sp³-hybridized carbons (Fsp3) is 0.286. The number of nitrogens with zero attached hydrogens (tertiary/aromatic N) is 4. The number of rotatable bonds is 6. The summed E-state index contributed by atoms with van der Waals surface area (Å²) in [7, 11) is 0. The predicted octanol–water partition coefficient (Wildman–Crippen LogP) is 5.69. The van der Waals surface area contributed by atoms with Crippen LogP contribution in [0.4, 0.5) is 4.39 Å².